The number of nitrogens with one attached hydrogen (secondary N) is 2. The minimum absolute atomic E-state index is 0.0393. The van der Waals surface area contributed by atoms with Crippen molar-refractivity contribution in [1.29, 1.82) is 0 Å². The summed E-state index contributed by atoms with van der Waals surface area (Å²) < 4.78 is 4.78. The van der Waals surface area contributed by atoms with E-state index in [1.807, 2.05) is 6.92 Å². The predicted octanol–water partition coefficient (Wildman–Crippen LogP) is -0.617. The summed E-state index contributed by atoms with van der Waals surface area (Å²) in [6, 6.07) is -0.526. The van der Waals surface area contributed by atoms with Gasteiger partial charge in [-0.15, -0.1) is 0 Å². The normalized spacial score (nSPS) is 11.9. The molecule has 4 N–H and O–H groups in total. The van der Waals surface area contributed by atoms with Crippen LogP contribution in [-0.2, 0) is 14.3 Å². The van der Waals surface area contributed by atoms with Gasteiger partial charge in [-0.25, -0.2) is 0 Å². The lowest BCUT2D eigenvalue weighted by atomic mass is 10.1. The van der Waals surface area contributed by atoms with Crippen LogP contribution in [0.15, 0.2) is 0 Å². The quantitative estimate of drug-likeness (QED) is 0.472. The Morgan fingerprint density at radius 3 is 2.65 bits per heavy atom. The first-order valence-electron chi connectivity index (χ1n) is 5.90. The van der Waals surface area contributed by atoms with Crippen LogP contribution >= 0.6 is 0 Å². The Bertz CT molecular complexity index is 234. The van der Waals surface area contributed by atoms with Crippen molar-refractivity contribution in [2.75, 3.05) is 26.8 Å². The van der Waals surface area contributed by atoms with Crippen LogP contribution in [0.5, 0.6) is 0 Å². The molecule has 0 aliphatic carbocycles. The van der Waals surface area contributed by atoms with Gasteiger partial charge in [0, 0.05) is 13.7 Å². The van der Waals surface area contributed by atoms with Gasteiger partial charge in [0.05, 0.1) is 19.2 Å². The van der Waals surface area contributed by atoms with E-state index in [9.17, 15) is 9.59 Å². The van der Waals surface area contributed by atoms with Crippen LogP contribution in [0.1, 0.15) is 26.2 Å². The number of ether oxygens (including phenoxy) is 1. The molecular formula is C11H23N3O3. The van der Waals surface area contributed by atoms with Gasteiger partial charge < -0.3 is 21.1 Å². The van der Waals surface area contributed by atoms with E-state index >= 15 is 0 Å². The highest BCUT2D eigenvalue weighted by Crippen LogP contribution is 1.97. The molecule has 17 heavy (non-hydrogen) atoms. The van der Waals surface area contributed by atoms with Crippen molar-refractivity contribution in [1.82, 2.24) is 10.6 Å². The van der Waals surface area contributed by atoms with Crippen LogP contribution in [0.3, 0.4) is 0 Å². The largest absolute Gasteiger partial charge is 0.383 e. The first-order chi connectivity index (χ1) is 8.11. The summed E-state index contributed by atoms with van der Waals surface area (Å²) in [4.78, 5) is 22.7. The number of hydrogen-bond donors (Lipinski definition) is 3. The molecule has 6 nitrogen and oxygen atoms in total. The number of amides is 2. The Kier molecular flexibility index (Phi) is 9.37. The first-order valence-corrected chi connectivity index (χ1v) is 5.90. The maximum Gasteiger partial charge on any atom is 0.239 e. The Labute approximate surface area is 102 Å². The summed E-state index contributed by atoms with van der Waals surface area (Å²) in [5.41, 5.74) is 5.65. The minimum Gasteiger partial charge on any atom is -0.383 e. The van der Waals surface area contributed by atoms with E-state index in [1.54, 1.807) is 7.11 Å². The summed E-state index contributed by atoms with van der Waals surface area (Å²) in [6.45, 7) is 2.89. The van der Waals surface area contributed by atoms with E-state index in [0.29, 0.717) is 19.6 Å². The van der Waals surface area contributed by atoms with Crippen molar-refractivity contribution in [2.24, 2.45) is 5.73 Å². The molecule has 0 aromatic rings. The molecule has 1 unspecified atom stereocenters. The third-order valence-corrected chi connectivity index (χ3v) is 2.26. The average Bonchev–Trinajstić information content (AvgIpc) is 2.33. The van der Waals surface area contributed by atoms with Crippen LogP contribution in [0.25, 0.3) is 0 Å². The molecule has 0 fully saturated rings. The van der Waals surface area contributed by atoms with Crippen LogP contribution in [-0.4, -0.2) is 44.7 Å². The molecule has 2 amide bonds. The number of unbranched alkanes of at least 4 members (excludes halogenated alkanes) is 1. The van der Waals surface area contributed by atoms with Gasteiger partial charge in [-0.2, -0.15) is 0 Å². The zero-order valence-electron chi connectivity index (χ0n) is 10.6. The van der Waals surface area contributed by atoms with E-state index in [-0.39, 0.29) is 18.4 Å². The Balaban J connectivity index is 3.64. The van der Waals surface area contributed by atoms with Gasteiger partial charge in [0.15, 0.2) is 0 Å². The molecule has 1 atom stereocenters. The van der Waals surface area contributed by atoms with E-state index in [0.717, 1.165) is 12.8 Å². The monoisotopic (exact) mass is 245 g/mol. The highest BCUT2D eigenvalue weighted by Gasteiger charge is 2.13. The smallest absolute Gasteiger partial charge is 0.239 e. The molecule has 6 heteroatoms. The summed E-state index contributed by atoms with van der Waals surface area (Å²) in [7, 11) is 1.56. The van der Waals surface area contributed by atoms with Crippen molar-refractivity contribution >= 4 is 11.8 Å². The third-order valence-electron chi connectivity index (χ3n) is 2.26. The number of carbonyl (C=O) groups excluding carboxylic acids is 2. The van der Waals surface area contributed by atoms with Crippen LogP contribution in [0, 0.1) is 0 Å². The Morgan fingerprint density at radius 2 is 2.06 bits per heavy atom. The van der Waals surface area contributed by atoms with E-state index in [4.69, 9.17) is 10.5 Å². The number of carbonyl (C=O) groups is 2. The van der Waals surface area contributed by atoms with Gasteiger partial charge >= 0.3 is 0 Å². The first kappa shape index (κ1) is 15.9. The number of methoxy groups -OCH3 is 1. The number of hydrogen-bond acceptors (Lipinski definition) is 4. The van der Waals surface area contributed by atoms with Crippen LogP contribution < -0.4 is 16.4 Å². The van der Waals surface area contributed by atoms with Gasteiger partial charge in [0.25, 0.3) is 0 Å². The summed E-state index contributed by atoms with van der Waals surface area (Å²) in [5, 5.41) is 5.10. The summed E-state index contributed by atoms with van der Waals surface area (Å²) >= 11 is 0. The van der Waals surface area contributed by atoms with Crippen LogP contribution in [0.4, 0.5) is 0 Å². The second kappa shape index (κ2) is 10.0. The second-order valence-electron chi connectivity index (χ2n) is 3.81. The summed E-state index contributed by atoms with van der Waals surface area (Å²) in [6.07, 6.45) is 2.56. The van der Waals surface area contributed by atoms with Crippen molar-refractivity contribution in [3.63, 3.8) is 0 Å². The molecule has 0 saturated carbocycles. The molecular weight excluding hydrogens is 222 g/mol. The van der Waals surface area contributed by atoms with Gasteiger partial charge in [0.1, 0.15) is 0 Å². The van der Waals surface area contributed by atoms with Crippen molar-refractivity contribution in [3.05, 3.63) is 0 Å². The zero-order valence-corrected chi connectivity index (χ0v) is 10.6. The molecule has 0 aromatic carbocycles. The van der Waals surface area contributed by atoms with Crippen molar-refractivity contribution < 1.29 is 14.3 Å². The van der Waals surface area contributed by atoms with E-state index in [1.165, 1.54) is 0 Å². The fourth-order valence-corrected chi connectivity index (χ4v) is 1.21. The van der Waals surface area contributed by atoms with Crippen molar-refractivity contribution in [2.45, 2.75) is 32.2 Å². The highest BCUT2D eigenvalue weighted by molar-refractivity contribution is 5.87. The molecule has 0 saturated heterocycles. The lowest BCUT2D eigenvalue weighted by molar-refractivity contribution is -0.127. The minimum atomic E-state index is -0.526. The molecule has 0 aromatic heterocycles. The average molecular weight is 245 g/mol. The molecule has 0 heterocycles. The van der Waals surface area contributed by atoms with Gasteiger partial charge in [-0.3, -0.25) is 9.59 Å². The number of rotatable bonds is 9. The second-order valence-corrected chi connectivity index (χ2v) is 3.81. The Morgan fingerprint density at radius 1 is 1.35 bits per heavy atom. The molecule has 100 valence electrons. The maximum absolute atomic E-state index is 11.4. The van der Waals surface area contributed by atoms with Gasteiger partial charge in [-0.05, 0) is 6.42 Å². The lowest BCUT2D eigenvalue weighted by Crippen LogP contribution is -2.45. The van der Waals surface area contributed by atoms with Gasteiger partial charge in [-0.1, -0.05) is 19.8 Å². The zero-order chi connectivity index (χ0) is 13.1. The molecule has 0 spiro atoms. The summed E-state index contributed by atoms with van der Waals surface area (Å²) in [5.74, 6) is -0.515. The Hall–Kier alpha value is -1.14. The fourth-order valence-electron chi connectivity index (χ4n) is 1.21. The SMILES string of the molecule is CCCCC(N)C(=O)NCC(=O)NCCOC. The topological polar surface area (TPSA) is 93.5 Å². The van der Waals surface area contributed by atoms with Gasteiger partial charge in [0.2, 0.25) is 11.8 Å². The van der Waals surface area contributed by atoms with E-state index in [2.05, 4.69) is 10.6 Å². The lowest BCUT2D eigenvalue weighted by Gasteiger charge is -2.11. The molecule has 0 bridgehead atoms. The van der Waals surface area contributed by atoms with E-state index < -0.39 is 6.04 Å². The fraction of sp³-hybridized carbons (Fsp3) is 0.818. The highest BCUT2D eigenvalue weighted by atomic mass is 16.5. The standard InChI is InChI=1S/C11H23N3O3/c1-3-4-5-9(12)11(16)14-8-10(15)13-6-7-17-2/h9H,3-8,12H2,1-2H3,(H,13,15)(H,14,16). The molecule has 0 aliphatic rings. The third kappa shape index (κ3) is 8.65. The molecule has 0 radical (unpaired) electrons. The maximum atomic E-state index is 11.4. The van der Waals surface area contributed by atoms with Crippen molar-refractivity contribution in [3.8, 4) is 0 Å². The van der Waals surface area contributed by atoms with Crippen LogP contribution in [0.2, 0.25) is 0 Å². The molecule has 0 aliphatic heterocycles. The molecule has 0 rings (SSSR count). The predicted molar refractivity (Wildman–Crippen MR) is 65.4 cm³/mol. The number of nitrogens with two attached hydrogens (primary N) is 1.